The molecule has 0 unspecified atom stereocenters. The summed E-state index contributed by atoms with van der Waals surface area (Å²) in [5.41, 5.74) is 3.34. The largest absolute Gasteiger partial charge is 0.491 e. The van der Waals surface area contributed by atoms with Crippen LogP contribution in [0, 0.1) is 25.2 Å². The molecule has 2 aromatic carbocycles. The lowest BCUT2D eigenvalue weighted by Crippen LogP contribution is -2.32. The van der Waals surface area contributed by atoms with Crippen molar-refractivity contribution in [2.45, 2.75) is 13.8 Å². The van der Waals surface area contributed by atoms with Gasteiger partial charge in [0.05, 0.1) is 18.2 Å². The predicted molar refractivity (Wildman–Crippen MR) is 89.6 cm³/mol. The van der Waals surface area contributed by atoms with Gasteiger partial charge in [0.1, 0.15) is 12.4 Å². The summed E-state index contributed by atoms with van der Waals surface area (Å²) in [4.78, 5) is 11.8. The lowest BCUT2D eigenvalue weighted by molar-refractivity contribution is 0.247. The zero-order chi connectivity index (χ0) is 16.7. The van der Waals surface area contributed by atoms with Gasteiger partial charge in [-0.05, 0) is 43.7 Å². The third-order valence-corrected chi connectivity index (χ3v) is 3.23. The summed E-state index contributed by atoms with van der Waals surface area (Å²) in [5.74, 6) is 0.819. The van der Waals surface area contributed by atoms with E-state index in [4.69, 9.17) is 10.00 Å². The number of urea groups is 1. The summed E-state index contributed by atoms with van der Waals surface area (Å²) in [6, 6.07) is 14.4. The molecule has 0 aliphatic carbocycles. The van der Waals surface area contributed by atoms with Gasteiger partial charge in [0.25, 0.3) is 0 Å². The summed E-state index contributed by atoms with van der Waals surface area (Å²) in [7, 11) is 0. The topological polar surface area (TPSA) is 74.2 Å². The number of ether oxygens (including phenoxy) is 1. The highest BCUT2D eigenvalue weighted by Gasteiger charge is 2.03. The Labute approximate surface area is 135 Å². The summed E-state index contributed by atoms with van der Waals surface area (Å²) in [6.45, 7) is 4.79. The van der Waals surface area contributed by atoms with Crippen LogP contribution in [0.15, 0.2) is 42.5 Å². The van der Waals surface area contributed by atoms with Gasteiger partial charge in [-0.15, -0.1) is 0 Å². The van der Waals surface area contributed by atoms with Gasteiger partial charge in [-0.3, -0.25) is 0 Å². The Morgan fingerprint density at radius 3 is 2.78 bits per heavy atom. The van der Waals surface area contributed by atoms with E-state index >= 15 is 0 Å². The number of aryl methyl sites for hydroxylation is 2. The fourth-order valence-corrected chi connectivity index (χ4v) is 2.13. The zero-order valence-corrected chi connectivity index (χ0v) is 13.2. The molecule has 0 atom stereocenters. The van der Waals surface area contributed by atoms with E-state index in [0.29, 0.717) is 24.4 Å². The number of hydrogen-bond donors (Lipinski definition) is 2. The Hall–Kier alpha value is -3.00. The number of carbonyl (C=O) groups excluding carboxylic acids is 1. The Morgan fingerprint density at radius 1 is 1.22 bits per heavy atom. The van der Waals surface area contributed by atoms with E-state index in [1.54, 1.807) is 24.3 Å². The minimum absolute atomic E-state index is 0.329. The number of anilines is 1. The molecule has 0 saturated carbocycles. The molecule has 2 rings (SSSR count). The molecule has 2 aromatic rings. The molecule has 0 aliphatic rings. The van der Waals surface area contributed by atoms with Gasteiger partial charge in [-0.2, -0.15) is 5.26 Å². The molecule has 0 radical (unpaired) electrons. The van der Waals surface area contributed by atoms with Gasteiger partial charge < -0.3 is 15.4 Å². The molecule has 0 saturated heterocycles. The van der Waals surface area contributed by atoms with Crippen molar-refractivity contribution < 1.29 is 9.53 Å². The van der Waals surface area contributed by atoms with Crippen molar-refractivity contribution in [2.75, 3.05) is 18.5 Å². The average Bonchev–Trinajstić information content (AvgIpc) is 2.53. The van der Waals surface area contributed by atoms with Crippen LogP contribution in [-0.4, -0.2) is 19.2 Å². The molecule has 0 aromatic heterocycles. The standard InChI is InChI=1S/C18H19N3O2/c1-13-6-7-17(14(2)10-13)23-9-8-20-18(22)21-16-5-3-4-15(11-16)12-19/h3-7,10-11H,8-9H2,1-2H3,(H2,20,21,22). The van der Waals surface area contributed by atoms with E-state index in [0.717, 1.165) is 11.3 Å². The van der Waals surface area contributed by atoms with Gasteiger partial charge in [-0.25, -0.2) is 4.79 Å². The first-order valence-corrected chi connectivity index (χ1v) is 7.33. The number of nitrogens with one attached hydrogen (secondary N) is 2. The van der Waals surface area contributed by atoms with Crippen molar-refractivity contribution in [1.82, 2.24) is 5.32 Å². The maximum Gasteiger partial charge on any atom is 0.319 e. The second kappa shape index (κ2) is 7.85. The second-order valence-electron chi connectivity index (χ2n) is 5.19. The molecule has 0 aliphatic heterocycles. The molecule has 2 N–H and O–H groups in total. The molecule has 0 fully saturated rings. The van der Waals surface area contributed by atoms with E-state index in [-0.39, 0.29) is 6.03 Å². The van der Waals surface area contributed by atoms with Crippen LogP contribution in [-0.2, 0) is 0 Å². The highest BCUT2D eigenvalue weighted by molar-refractivity contribution is 5.89. The van der Waals surface area contributed by atoms with Crippen molar-refractivity contribution >= 4 is 11.7 Å². The van der Waals surface area contributed by atoms with E-state index in [1.807, 2.05) is 32.0 Å². The predicted octanol–water partition coefficient (Wildman–Crippen LogP) is 3.38. The van der Waals surface area contributed by atoms with Crippen molar-refractivity contribution in [3.8, 4) is 11.8 Å². The lowest BCUT2D eigenvalue weighted by Gasteiger charge is -2.11. The first-order valence-electron chi connectivity index (χ1n) is 7.33. The monoisotopic (exact) mass is 309 g/mol. The summed E-state index contributed by atoms with van der Waals surface area (Å²) < 4.78 is 5.64. The molecule has 0 bridgehead atoms. The van der Waals surface area contributed by atoms with Crippen molar-refractivity contribution in [3.05, 3.63) is 59.2 Å². The van der Waals surface area contributed by atoms with Gasteiger partial charge in [0.15, 0.2) is 0 Å². The molecule has 0 spiro atoms. The number of hydrogen-bond acceptors (Lipinski definition) is 3. The molecule has 23 heavy (non-hydrogen) atoms. The van der Waals surface area contributed by atoms with E-state index < -0.39 is 0 Å². The van der Waals surface area contributed by atoms with Crippen molar-refractivity contribution in [1.29, 1.82) is 5.26 Å². The molecule has 5 heteroatoms. The summed E-state index contributed by atoms with van der Waals surface area (Å²) in [6.07, 6.45) is 0. The number of amides is 2. The third-order valence-electron chi connectivity index (χ3n) is 3.23. The van der Waals surface area contributed by atoms with Gasteiger partial charge >= 0.3 is 6.03 Å². The maximum absolute atomic E-state index is 11.8. The van der Waals surface area contributed by atoms with E-state index in [1.165, 1.54) is 5.56 Å². The Bertz CT molecular complexity index is 735. The number of nitrogens with zero attached hydrogens (tertiary/aromatic N) is 1. The van der Waals surface area contributed by atoms with Crippen LogP contribution in [0.25, 0.3) is 0 Å². The Balaban J connectivity index is 1.75. The van der Waals surface area contributed by atoms with Gasteiger partial charge in [0, 0.05) is 5.69 Å². The quantitative estimate of drug-likeness (QED) is 0.832. The summed E-state index contributed by atoms with van der Waals surface area (Å²) in [5, 5.41) is 14.2. The number of carbonyl (C=O) groups is 1. The van der Waals surface area contributed by atoms with E-state index in [2.05, 4.69) is 16.7 Å². The van der Waals surface area contributed by atoms with Crippen LogP contribution in [0.5, 0.6) is 5.75 Å². The van der Waals surface area contributed by atoms with Crippen LogP contribution >= 0.6 is 0 Å². The van der Waals surface area contributed by atoms with Crippen LogP contribution in [0.1, 0.15) is 16.7 Å². The van der Waals surface area contributed by atoms with Gasteiger partial charge in [-0.1, -0.05) is 23.8 Å². The van der Waals surface area contributed by atoms with Crippen LogP contribution in [0.4, 0.5) is 10.5 Å². The smallest absolute Gasteiger partial charge is 0.319 e. The minimum Gasteiger partial charge on any atom is -0.491 e. The lowest BCUT2D eigenvalue weighted by atomic mass is 10.1. The fourth-order valence-electron chi connectivity index (χ4n) is 2.13. The summed E-state index contributed by atoms with van der Waals surface area (Å²) >= 11 is 0. The first-order chi connectivity index (χ1) is 11.1. The Kier molecular flexibility index (Phi) is 5.59. The number of benzene rings is 2. The van der Waals surface area contributed by atoms with Crippen LogP contribution in [0.3, 0.4) is 0 Å². The molecule has 118 valence electrons. The van der Waals surface area contributed by atoms with E-state index in [9.17, 15) is 4.79 Å². The number of rotatable bonds is 5. The third kappa shape index (κ3) is 5.04. The minimum atomic E-state index is -0.329. The van der Waals surface area contributed by atoms with Crippen molar-refractivity contribution in [2.24, 2.45) is 0 Å². The molecule has 0 heterocycles. The van der Waals surface area contributed by atoms with Crippen molar-refractivity contribution in [3.63, 3.8) is 0 Å². The fraction of sp³-hybridized carbons (Fsp3) is 0.222. The maximum atomic E-state index is 11.8. The first kappa shape index (κ1) is 16.4. The average molecular weight is 309 g/mol. The molecular weight excluding hydrogens is 290 g/mol. The number of nitriles is 1. The SMILES string of the molecule is Cc1ccc(OCCNC(=O)Nc2cccc(C#N)c2)c(C)c1. The normalized spacial score (nSPS) is 9.78. The Morgan fingerprint density at radius 2 is 2.04 bits per heavy atom. The highest BCUT2D eigenvalue weighted by atomic mass is 16.5. The van der Waals surface area contributed by atoms with Gasteiger partial charge in [0.2, 0.25) is 0 Å². The molecule has 2 amide bonds. The van der Waals surface area contributed by atoms with Crippen LogP contribution < -0.4 is 15.4 Å². The molecule has 5 nitrogen and oxygen atoms in total. The van der Waals surface area contributed by atoms with Crippen LogP contribution in [0.2, 0.25) is 0 Å². The highest BCUT2D eigenvalue weighted by Crippen LogP contribution is 2.18. The zero-order valence-electron chi connectivity index (χ0n) is 13.2. The second-order valence-corrected chi connectivity index (χ2v) is 5.19. The molecular formula is C18H19N3O2.